The van der Waals surface area contributed by atoms with Gasteiger partial charge in [0.15, 0.2) is 5.82 Å². The maximum Gasteiger partial charge on any atom is 0.166 e. The third-order valence-corrected chi connectivity index (χ3v) is 3.79. The average Bonchev–Trinajstić information content (AvgIpc) is 2.76. The van der Waals surface area contributed by atoms with Crippen LogP contribution in [0.25, 0.3) is 11.4 Å². The Balaban J connectivity index is 2.15. The lowest BCUT2D eigenvalue weighted by Gasteiger charge is -2.15. The van der Waals surface area contributed by atoms with Gasteiger partial charge < -0.3 is 10.3 Å². The van der Waals surface area contributed by atoms with Crippen LogP contribution in [0.1, 0.15) is 18.7 Å². The van der Waals surface area contributed by atoms with Crippen molar-refractivity contribution in [2.24, 2.45) is 0 Å². The van der Waals surface area contributed by atoms with E-state index >= 15 is 0 Å². The van der Waals surface area contributed by atoms with Gasteiger partial charge in [0.2, 0.25) is 0 Å². The highest BCUT2D eigenvalue weighted by atomic mass is 127. The Bertz CT molecular complexity index is 562. The van der Waals surface area contributed by atoms with Gasteiger partial charge >= 0.3 is 0 Å². The summed E-state index contributed by atoms with van der Waals surface area (Å²) in [6.07, 6.45) is 3.43. The minimum atomic E-state index is 0.770. The standard InChI is InChI=1S/C12H13IN4/c13-8-4-5-10(14)9(7-8)12-16-15-11-3-1-2-6-17(11)12/h4-5,7H,1-3,6,14H2. The number of aromatic nitrogens is 3. The summed E-state index contributed by atoms with van der Waals surface area (Å²) in [6, 6.07) is 6.01. The minimum Gasteiger partial charge on any atom is -0.398 e. The van der Waals surface area contributed by atoms with Crippen LogP contribution >= 0.6 is 22.6 Å². The van der Waals surface area contributed by atoms with E-state index in [1.54, 1.807) is 0 Å². The zero-order valence-electron chi connectivity index (χ0n) is 9.36. The topological polar surface area (TPSA) is 56.7 Å². The summed E-state index contributed by atoms with van der Waals surface area (Å²) >= 11 is 2.29. The third-order valence-electron chi connectivity index (χ3n) is 3.12. The van der Waals surface area contributed by atoms with Crippen LogP contribution in [-0.2, 0) is 13.0 Å². The van der Waals surface area contributed by atoms with Gasteiger partial charge in [-0.25, -0.2) is 0 Å². The SMILES string of the molecule is Nc1ccc(I)cc1-c1nnc2n1CCCC2. The van der Waals surface area contributed by atoms with Crippen molar-refractivity contribution in [1.29, 1.82) is 0 Å². The molecule has 0 saturated heterocycles. The molecule has 5 heteroatoms. The van der Waals surface area contributed by atoms with Crippen molar-refractivity contribution in [3.8, 4) is 11.4 Å². The van der Waals surface area contributed by atoms with Crippen molar-refractivity contribution in [2.75, 3.05) is 5.73 Å². The van der Waals surface area contributed by atoms with Crippen molar-refractivity contribution in [3.63, 3.8) is 0 Å². The number of hydrogen-bond donors (Lipinski definition) is 1. The second kappa shape index (κ2) is 4.29. The molecule has 2 N–H and O–H groups in total. The summed E-state index contributed by atoms with van der Waals surface area (Å²) in [5, 5.41) is 8.56. The zero-order chi connectivity index (χ0) is 11.8. The average molecular weight is 340 g/mol. The van der Waals surface area contributed by atoms with Crippen molar-refractivity contribution >= 4 is 28.3 Å². The lowest BCUT2D eigenvalue weighted by Crippen LogP contribution is -2.11. The van der Waals surface area contributed by atoms with Crippen LogP contribution in [0, 0.1) is 3.57 Å². The molecular weight excluding hydrogens is 327 g/mol. The first kappa shape index (κ1) is 11.0. The Labute approximate surface area is 113 Å². The van der Waals surface area contributed by atoms with Crippen LogP contribution < -0.4 is 5.73 Å². The minimum absolute atomic E-state index is 0.770. The maximum absolute atomic E-state index is 6.03. The van der Waals surface area contributed by atoms with Gasteiger partial charge in [-0.3, -0.25) is 0 Å². The Morgan fingerprint density at radius 2 is 2.12 bits per heavy atom. The van der Waals surface area contributed by atoms with Gasteiger partial charge in [0.25, 0.3) is 0 Å². The predicted octanol–water partition coefficient (Wildman–Crippen LogP) is 2.47. The lowest BCUT2D eigenvalue weighted by atomic mass is 10.1. The molecule has 0 aliphatic carbocycles. The highest BCUT2D eigenvalue weighted by molar-refractivity contribution is 14.1. The quantitative estimate of drug-likeness (QED) is 0.641. The van der Waals surface area contributed by atoms with E-state index in [-0.39, 0.29) is 0 Å². The summed E-state index contributed by atoms with van der Waals surface area (Å²) in [5.41, 5.74) is 7.80. The van der Waals surface area contributed by atoms with Crippen LogP contribution in [-0.4, -0.2) is 14.8 Å². The Kier molecular flexibility index (Phi) is 2.78. The monoisotopic (exact) mass is 340 g/mol. The molecule has 0 atom stereocenters. The van der Waals surface area contributed by atoms with Crippen LogP contribution in [0.15, 0.2) is 18.2 Å². The number of fused-ring (bicyclic) bond motifs is 1. The fraction of sp³-hybridized carbons (Fsp3) is 0.333. The van der Waals surface area contributed by atoms with E-state index in [9.17, 15) is 0 Å². The zero-order valence-corrected chi connectivity index (χ0v) is 11.5. The van der Waals surface area contributed by atoms with E-state index in [1.165, 1.54) is 16.4 Å². The van der Waals surface area contributed by atoms with Crippen molar-refractivity contribution in [3.05, 3.63) is 27.6 Å². The van der Waals surface area contributed by atoms with Gasteiger partial charge in [0.1, 0.15) is 5.82 Å². The number of hydrogen-bond acceptors (Lipinski definition) is 3. The highest BCUT2D eigenvalue weighted by Crippen LogP contribution is 2.28. The van der Waals surface area contributed by atoms with Gasteiger partial charge in [0.05, 0.1) is 0 Å². The molecule has 0 saturated carbocycles. The van der Waals surface area contributed by atoms with Gasteiger partial charge in [-0.05, 0) is 53.6 Å². The maximum atomic E-state index is 6.03. The lowest BCUT2D eigenvalue weighted by molar-refractivity contribution is 0.526. The van der Waals surface area contributed by atoms with E-state index in [4.69, 9.17) is 5.73 Å². The molecule has 1 aromatic carbocycles. The molecule has 17 heavy (non-hydrogen) atoms. The van der Waals surface area contributed by atoms with Crippen LogP contribution in [0.4, 0.5) is 5.69 Å². The normalized spacial score (nSPS) is 14.6. The molecule has 4 nitrogen and oxygen atoms in total. The Morgan fingerprint density at radius 3 is 3.00 bits per heavy atom. The second-order valence-corrected chi connectivity index (χ2v) is 5.53. The third kappa shape index (κ3) is 1.92. The van der Waals surface area contributed by atoms with E-state index in [0.29, 0.717) is 0 Å². The van der Waals surface area contributed by atoms with Gasteiger partial charge in [-0.1, -0.05) is 0 Å². The van der Waals surface area contributed by atoms with Crippen LogP contribution in [0.2, 0.25) is 0 Å². The highest BCUT2D eigenvalue weighted by Gasteiger charge is 2.18. The molecule has 0 amide bonds. The van der Waals surface area contributed by atoms with E-state index in [0.717, 1.165) is 35.9 Å². The number of rotatable bonds is 1. The van der Waals surface area contributed by atoms with Crippen molar-refractivity contribution in [2.45, 2.75) is 25.8 Å². The number of anilines is 1. The number of benzene rings is 1. The molecular formula is C12H13IN4. The number of aryl methyl sites for hydroxylation is 1. The molecule has 1 aliphatic rings. The van der Waals surface area contributed by atoms with Crippen molar-refractivity contribution in [1.82, 2.24) is 14.8 Å². The molecule has 2 heterocycles. The molecule has 2 aromatic rings. The van der Waals surface area contributed by atoms with E-state index in [1.807, 2.05) is 12.1 Å². The molecule has 88 valence electrons. The van der Waals surface area contributed by atoms with Gasteiger partial charge in [-0.2, -0.15) is 0 Å². The molecule has 0 radical (unpaired) electrons. The predicted molar refractivity (Wildman–Crippen MR) is 75.5 cm³/mol. The summed E-state index contributed by atoms with van der Waals surface area (Å²) in [4.78, 5) is 0. The molecule has 0 unspecified atom stereocenters. The molecule has 0 spiro atoms. The molecule has 3 rings (SSSR count). The Hall–Kier alpha value is -1.11. The first-order valence-electron chi connectivity index (χ1n) is 5.73. The number of halogens is 1. The van der Waals surface area contributed by atoms with Crippen LogP contribution in [0.5, 0.6) is 0 Å². The summed E-state index contributed by atoms with van der Waals surface area (Å²) in [7, 11) is 0. The second-order valence-electron chi connectivity index (χ2n) is 4.28. The number of nitrogens with two attached hydrogens (primary N) is 1. The largest absolute Gasteiger partial charge is 0.398 e. The fourth-order valence-corrected chi connectivity index (χ4v) is 2.72. The van der Waals surface area contributed by atoms with Gasteiger partial charge in [-0.15, -0.1) is 10.2 Å². The molecule has 1 aromatic heterocycles. The molecule has 0 bridgehead atoms. The van der Waals surface area contributed by atoms with E-state index < -0.39 is 0 Å². The van der Waals surface area contributed by atoms with Crippen LogP contribution in [0.3, 0.4) is 0 Å². The van der Waals surface area contributed by atoms with Crippen molar-refractivity contribution < 1.29 is 0 Å². The fourth-order valence-electron chi connectivity index (χ4n) is 2.23. The smallest absolute Gasteiger partial charge is 0.166 e. The summed E-state index contributed by atoms with van der Waals surface area (Å²) in [6.45, 7) is 1.00. The first-order chi connectivity index (χ1) is 8.25. The summed E-state index contributed by atoms with van der Waals surface area (Å²) < 4.78 is 3.37. The molecule has 1 aliphatic heterocycles. The molecule has 0 fully saturated rings. The first-order valence-corrected chi connectivity index (χ1v) is 6.81. The van der Waals surface area contributed by atoms with E-state index in [2.05, 4.69) is 43.4 Å². The number of nitrogen functional groups attached to an aromatic ring is 1. The Morgan fingerprint density at radius 1 is 1.24 bits per heavy atom. The van der Waals surface area contributed by atoms with Gasteiger partial charge in [0, 0.05) is 27.8 Å². The number of nitrogens with zero attached hydrogens (tertiary/aromatic N) is 3. The summed E-state index contributed by atoms with van der Waals surface area (Å²) in [5.74, 6) is 2.00.